The van der Waals surface area contributed by atoms with Crippen molar-refractivity contribution in [1.82, 2.24) is 4.98 Å². The lowest BCUT2D eigenvalue weighted by Crippen LogP contribution is -2.12. The molecule has 0 atom stereocenters. The molecule has 0 radical (unpaired) electrons. The second-order valence-electron chi connectivity index (χ2n) is 6.01. The van der Waals surface area contributed by atoms with Crippen molar-refractivity contribution in [2.24, 2.45) is 0 Å². The lowest BCUT2D eigenvalue weighted by atomic mass is 10.1. The fraction of sp³-hybridized carbons (Fsp3) is 0.211. The van der Waals surface area contributed by atoms with Crippen LogP contribution in [0.25, 0.3) is 10.8 Å². The fourth-order valence-corrected chi connectivity index (χ4v) is 3.44. The van der Waals surface area contributed by atoms with E-state index in [1.165, 1.54) is 18.3 Å². The van der Waals surface area contributed by atoms with Gasteiger partial charge in [0.25, 0.3) is 5.91 Å². The highest BCUT2D eigenvalue weighted by atomic mass is 32.1. The molecule has 0 spiro atoms. The summed E-state index contributed by atoms with van der Waals surface area (Å²) in [5, 5.41) is 6.31. The maximum Gasteiger partial charge on any atom is 0.267 e. The van der Waals surface area contributed by atoms with Crippen LogP contribution in [0.15, 0.2) is 34.7 Å². The molecule has 0 aliphatic rings. The number of furan rings is 1. The largest absolute Gasteiger partial charge is 0.459 e. The number of carbonyl (C=O) groups excluding carboxylic acids is 2. The molecule has 2 aromatic heterocycles. The monoisotopic (exact) mass is 369 g/mol. The van der Waals surface area contributed by atoms with Crippen LogP contribution in [-0.4, -0.2) is 16.8 Å². The second-order valence-corrected chi connectivity index (χ2v) is 7.01. The topological polar surface area (TPSA) is 84.2 Å². The Labute approximate surface area is 155 Å². The number of thiazole rings is 1. The average molecular weight is 369 g/mol. The van der Waals surface area contributed by atoms with E-state index in [4.69, 9.17) is 4.42 Å². The predicted molar refractivity (Wildman–Crippen MR) is 103 cm³/mol. The Bertz CT molecular complexity index is 988. The fourth-order valence-electron chi connectivity index (χ4n) is 2.52. The van der Waals surface area contributed by atoms with Crippen molar-refractivity contribution in [1.29, 1.82) is 0 Å². The van der Waals surface area contributed by atoms with Crippen molar-refractivity contribution in [3.8, 4) is 10.8 Å². The smallest absolute Gasteiger partial charge is 0.267 e. The summed E-state index contributed by atoms with van der Waals surface area (Å²) in [7, 11) is 0. The predicted octanol–water partition coefficient (Wildman–Crippen LogP) is 4.54. The first-order valence-corrected chi connectivity index (χ1v) is 8.89. The van der Waals surface area contributed by atoms with Crippen LogP contribution >= 0.6 is 11.3 Å². The zero-order valence-corrected chi connectivity index (χ0v) is 15.8. The molecule has 0 saturated heterocycles. The number of anilines is 2. The van der Waals surface area contributed by atoms with E-state index in [2.05, 4.69) is 15.6 Å². The highest BCUT2D eigenvalue weighted by Gasteiger charge is 2.18. The van der Waals surface area contributed by atoms with E-state index in [0.717, 1.165) is 17.0 Å². The molecule has 0 aliphatic heterocycles. The van der Waals surface area contributed by atoms with Crippen molar-refractivity contribution >= 4 is 34.5 Å². The maximum atomic E-state index is 12.6. The number of aromatic nitrogens is 1. The number of hydrogen-bond donors (Lipinski definition) is 2. The van der Waals surface area contributed by atoms with E-state index in [-0.39, 0.29) is 11.8 Å². The van der Waals surface area contributed by atoms with Crippen LogP contribution in [0.5, 0.6) is 0 Å². The molecule has 7 heteroatoms. The summed E-state index contributed by atoms with van der Waals surface area (Å²) in [5.41, 5.74) is 2.90. The Balaban J connectivity index is 1.79. The van der Waals surface area contributed by atoms with Gasteiger partial charge in [-0.15, -0.1) is 11.3 Å². The Hall–Kier alpha value is -2.93. The molecule has 2 amide bonds. The average Bonchev–Trinajstić information content (AvgIpc) is 3.15. The quantitative estimate of drug-likeness (QED) is 0.707. The van der Waals surface area contributed by atoms with Gasteiger partial charge in [0, 0.05) is 18.3 Å². The van der Waals surface area contributed by atoms with Crippen LogP contribution in [0.4, 0.5) is 11.4 Å². The molecule has 2 heterocycles. The molecule has 1 aromatic carbocycles. The zero-order chi connectivity index (χ0) is 18.8. The molecule has 0 unspecified atom stereocenters. The van der Waals surface area contributed by atoms with Gasteiger partial charge in [0.2, 0.25) is 5.91 Å². The van der Waals surface area contributed by atoms with E-state index >= 15 is 0 Å². The van der Waals surface area contributed by atoms with Gasteiger partial charge in [-0.05, 0) is 56.7 Å². The Kier molecular flexibility index (Phi) is 4.90. The summed E-state index contributed by atoms with van der Waals surface area (Å²) in [4.78, 5) is 28.8. The Morgan fingerprint density at radius 2 is 1.85 bits per heavy atom. The van der Waals surface area contributed by atoms with Gasteiger partial charge in [-0.3, -0.25) is 9.59 Å². The van der Waals surface area contributed by atoms with E-state index in [1.54, 1.807) is 19.1 Å². The summed E-state index contributed by atoms with van der Waals surface area (Å²) < 4.78 is 5.58. The summed E-state index contributed by atoms with van der Waals surface area (Å²) in [5.74, 6) is 1.10. The summed E-state index contributed by atoms with van der Waals surface area (Å²) >= 11 is 1.30. The molecule has 0 aliphatic carbocycles. The normalized spacial score (nSPS) is 10.6. The first-order valence-electron chi connectivity index (χ1n) is 8.07. The standard InChI is InChI=1S/C19H19N3O3S/c1-10-9-14(6-7-15(10)21-13(4)23)22-18(24)17-12(3)20-19(26-17)16-8-5-11(2)25-16/h5-9H,1-4H3,(H,21,23)(H,22,24). The number of benzene rings is 1. The molecule has 3 aromatic rings. The van der Waals surface area contributed by atoms with Crippen LogP contribution in [0.2, 0.25) is 0 Å². The van der Waals surface area contributed by atoms with Crippen LogP contribution in [0, 0.1) is 20.8 Å². The number of nitrogens with zero attached hydrogens (tertiary/aromatic N) is 1. The molecule has 0 saturated carbocycles. The van der Waals surface area contributed by atoms with Crippen LogP contribution in [0.3, 0.4) is 0 Å². The van der Waals surface area contributed by atoms with Gasteiger partial charge in [0.15, 0.2) is 10.8 Å². The Morgan fingerprint density at radius 3 is 2.46 bits per heavy atom. The molecular weight excluding hydrogens is 350 g/mol. The number of hydrogen-bond acceptors (Lipinski definition) is 5. The van der Waals surface area contributed by atoms with E-state index in [1.807, 2.05) is 32.0 Å². The van der Waals surface area contributed by atoms with Gasteiger partial charge < -0.3 is 15.1 Å². The highest BCUT2D eigenvalue weighted by molar-refractivity contribution is 7.17. The van der Waals surface area contributed by atoms with E-state index in [0.29, 0.717) is 27.0 Å². The number of amides is 2. The van der Waals surface area contributed by atoms with Crippen LogP contribution in [0.1, 0.15) is 33.6 Å². The molecule has 6 nitrogen and oxygen atoms in total. The van der Waals surface area contributed by atoms with E-state index < -0.39 is 0 Å². The molecule has 26 heavy (non-hydrogen) atoms. The number of aryl methyl sites for hydroxylation is 3. The minimum atomic E-state index is -0.221. The van der Waals surface area contributed by atoms with Gasteiger partial charge in [-0.25, -0.2) is 4.98 Å². The first-order chi connectivity index (χ1) is 12.3. The van der Waals surface area contributed by atoms with E-state index in [9.17, 15) is 9.59 Å². The van der Waals surface area contributed by atoms with Gasteiger partial charge in [-0.1, -0.05) is 0 Å². The number of nitrogens with one attached hydrogen (secondary N) is 2. The van der Waals surface area contributed by atoms with Crippen molar-refractivity contribution in [3.63, 3.8) is 0 Å². The lowest BCUT2D eigenvalue weighted by Gasteiger charge is -2.09. The van der Waals surface area contributed by atoms with Crippen LogP contribution < -0.4 is 10.6 Å². The van der Waals surface area contributed by atoms with Crippen molar-refractivity contribution < 1.29 is 14.0 Å². The number of rotatable bonds is 4. The minimum absolute atomic E-state index is 0.133. The van der Waals surface area contributed by atoms with Crippen molar-refractivity contribution in [2.75, 3.05) is 10.6 Å². The molecular formula is C19H19N3O3S. The van der Waals surface area contributed by atoms with Crippen molar-refractivity contribution in [2.45, 2.75) is 27.7 Å². The minimum Gasteiger partial charge on any atom is -0.459 e. The van der Waals surface area contributed by atoms with Crippen LogP contribution in [-0.2, 0) is 4.79 Å². The van der Waals surface area contributed by atoms with Gasteiger partial charge in [0.1, 0.15) is 10.6 Å². The van der Waals surface area contributed by atoms with Gasteiger partial charge in [0.05, 0.1) is 5.69 Å². The zero-order valence-electron chi connectivity index (χ0n) is 15.0. The third kappa shape index (κ3) is 3.83. The maximum absolute atomic E-state index is 12.6. The molecule has 134 valence electrons. The SMILES string of the molecule is CC(=O)Nc1ccc(NC(=O)c2sc(-c3ccc(C)o3)nc2C)cc1C. The Morgan fingerprint density at radius 1 is 1.08 bits per heavy atom. The third-order valence-corrected chi connectivity index (χ3v) is 4.92. The van der Waals surface area contributed by atoms with Gasteiger partial charge in [-0.2, -0.15) is 0 Å². The highest BCUT2D eigenvalue weighted by Crippen LogP contribution is 2.30. The molecule has 0 bridgehead atoms. The molecule has 3 rings (SSSR count). The summed E-state index contributed by atoms with van der Waals surface area (Å²) in [6.07, 6.45) is 0. The lowest BCUT2D eigenvalue weighted by molar-refractivity contribution is -0.114. The first kappa shape index (κ1) is 17.9. The summed E-state index contributed by atoms with van der Waals surface area (Å²) in [6, 6.07) is 9.05. The van der Waals surface area contributed by atoms with Gasteiger partial charge >= 0.3 is 0 Å². The number of carbonyl (C=O) groups is 2. The molecule has 2 N–H and O–H groups in total. The summed E-state index contributed by atoms with van der Waals surface area (Å²) in [6.45, 7) is 7.00. The van der Waals surface area contributed by atoms with Crippen molar-refractivity contribution in [3.05, 3.63) is 52.2 Å². The second kappa shape index (κ2) is 7.13. The third-order valence-electron chi connectivity index (χ3n) is 3.75. The molecule has 0 fully saturated rings.